The summed E-state index contributed by atoms with van der Waals surface area (Å²) in [7, 11) is 3.71. The summed E-state index contributed by atoms with van der Waals surface area (Å²) in [5.74, 6) is 0.649. The predicted octanol–water partition coefficient (Wildman–Crippen LogP) is 5.36. The van der Waals surface area contributed by atoms with E-state index in [4.69, 9.17) is 14.5 Å². The Morgan fingerprint density at radius 1 is 1.05 bits per heavy atom. The number of aromatic nitrogens is 3. The van der Waals surface area contributed by atoms with Crippen LogP contribution in [0, 0.1) is 5.92 Å². The first-order valence-electron chi connectivity index (χ1n) is 14.5. The molecule has 0 spiro atoms. The molecule has 41 heavy (non-hydrogen) atoms. The number of aryl methyl sites for hydroxylation is 1. The number of benzene rings is 1. The maximum absolute atomic E-state index is 13.7. The summed E-state index contributed by atoms with van der Waals surface area (Å²) in [4.78, 5) is 32.6. The van der Waals surface area contributed by atoms with Gasteiger partial charge in [0.1, 0.15) is 11.2 Å². The van der Waals surface area contributed by atoms with Crippen LogP contribution in [-0.2, 0) is 23.1 Å². The number of methoxy groups -OCH3 is 1. The van der Waals surface area contributed by atoms with Gasteiger partial charge in [-0.3, -0.25) is 4.79 Å². The molecule has 4 heterocycles. The van der Waals surface area contributed by atoms with Gasteiger partial charge in [0.05, 0.1) is 23.5 Å². The van der Waals surface area contributed by atoms with E-state index in [1.165, 1.54) is 12.8 Å². The zero-order valence-corrected chi connectivity index (χ0v) is 24.5. The van der Waals surface area contributed by atoms with Crippen molar-refractivity contribution in [2.45, 2.75) is 64.3 Å². The van der Waals surface area contributed by atoms with Gasteiger partial charge in [-0.25, -0.2) is 9.78 Å². The first-order valence-corrected chi connectivity index (χ1v) is 14.5. The fourth-order valence-corrected chi connectivity index (χ4v) is 5.95. The number of hydrogen-bond acceptors (Lipinski definition) is 5. The van der Waals surface area contributed by atoms with E-state index in [2.05, 4.69) is 39.7 Å². The molecule has 2 aliphatic rings. The number of likely N-dealkylation sites (tertiary alicyclic amines) is 1. The number of amides is 2. The van der Waals surface area contributed by atoms with Crippen LogP contribution >= 0.6 is 0 Å². The van der Waals surface area contributed by atoms with Crippen molar-refractivity contribution in [3.05, 3.63) is 54.2 Å². The third kappa shape index (κ3) is 5.55. The number of piperidine rings is 1. The number of fused-ring (bicyclic) bond motifs is 2. The van der Waals surface area contributed by atoms with Gasteiger partial charge in [-0.2, -0.15) is 0 Å². The number of nitrogens with one attached hydrogen (secondary N) is 1. The van der Waals surface area contributed by atoms with Gasteiger partial charge in [0.25, 0.3) is 5.91 Å². The van der Waals surface area contributed by atoms with Crippen molar-refractivity contribution in [3.63, 3.8) is 0 Å². The predicted molar refractivity (Wildman–Crippen MR) is 159 cm³/mol. The maximum Gasteiger partial charge on any atom is 0.408 e. The Kier molecular flexibility index (Phi) is 7.01. The Labute approximate surface area is 240 Å². The van der Waals surface area contributed by atoms with Gasteiger partial charge < -0.3 is 28.8 Å². The van der Waals surface area contributed by atoms with Crippen molar-refractivity contribution in [3.8, 4) is 11.4 Å². The number of carbonyl (C=O) groups excluding carboxylic acids is 2. The Morgan fingerprint density at radius 2 is 1.83 bits per heavy atom. The molecule has 1 N–H and O–H groups in total. The smallest absolute Gasteiger partial charge is 0.408 e. The van der Waals surface area contributed by atoms with E-state index in [9.17, 15) is 9.59 Å². The van der Waals surface area contributed by atoms with Crippen LogP contribution in [0.4, 0.5) is 4.79 Å². The third-order valence-electron chi connectivity index (χ3n) is 8.19. The van der Waals surface area contributed by atoms with E-state index >= 15 is 0 Å². The lowest BCUT2D eigenvalue weighted by atomic mass is 10.0. The topological polar surface area (TPSA) is 90.6 Å². The number of alkyl carbamates (subject to hydrolysis) is 1. The van der Waals surface area contributed by atoms with Gasteiger partial charge in [0, 0.05) is 61.8 Å². The van der Waals surface area contributed by atoms with Crippen molar-refractivity contribution in [2.75, 3.05) is 20.2 Å². The van der Waals surface area contributed by atoms with Gasteiger partial charge in [0.2, 0.25) is 0 Å². The molecule has 4 aromatic rings. The van der Waals surface area contributed by atoms with Crippen LogP contribution in [0.5, 0.6) is 0 Å². The highest BCUT2D eigenvalue weighted by Crippen LogP contribution is 2.37. The van der Waals surface area contributed by atoms with Crippen molar-refractivity contribution in [2.24, 2.45) is 13.0 Å². The molecule has 3 aromatic heterocycles. The van der Waals surface area contributed by atoms with E-state index in [1.807, 2.05) is 51.2 Å². The highest BCUT2D eigenvalue weighted by Gasteiger charge is 2.34. The summed E-state index contributed by atoms with van der Waals surface area (Å²) < 4.78 is 15.6. The molecule has 216 valence electrons. The summed E-state index contributed by atoms with van der Waals surface area (Å²) in [6.45, 7) is 7.35. The highest BCUT2D eigenvalue weighted by atomic mass is 16.6. The first-order chi connectivity index (χ1) is 19.6. The average Bonchev–Trinajstić information content (AvgIpc) is 3.60. The van der Waals surface area contributed by atoms with Gasteiger partial charge in [-0.05, 0) is 88.4 Å². The molecule has 1 aromatic carbocycles. The molecule has 0 unspecified atom stereocenters. The normalized spacial score (nSPS) is 19.6. The van der Waals surface area contributed by atoms with Gasteiger partial charge in [-0.1, -0.05) is 0 Å². The van der Waals surface area contributed by atoms with Crippen molar-refractivity contribution in [1.82, 2.24) is 24.3 Å². The van der Waals surface area contributed by atoms with E-state index in [0.717, 1.165) is 39.9 Å². The molecule has 0 radical (unpaired) electrons. The Bertz CT molecular complexity index is 1610. The van der Waals surface area contributed by atoms with E-state index in [0.29, 0.717) is 31.0 Å². The monoisotopic (exact) mass is 557 g/mol. The van der Waals surface area contributed by atoms with Crippen LogP contribution in [0.1, 0.15) is 50.4 Å². The van der Waals surface area contributed by atoms with Crippen molar-refractivity contribution in [1.29, 1.82) is 0 Å². The van der Waals surface area contributed by atoms with Crippen LogP contribution in [0.25, 0.3) is 33.3 Å². The molecule has 0 bridgehead atoms. The van der Waals surface area contributed by atoms with Crippen LogP contribution in [0.15, 0.2) is 48.7 Å². The molecular formula is C32H39N5O4. The van der Waals surface area contributed by atoms with Gasteiger partial charge in [0.15, 0.2) is 0 Å². The Balaban J connectivity index is 1.26. The van der Waals surface area contributed by atoms with E-state index in [1.54, 1.807) is 12.0 Å². The van der Waals surface area contributed by atoms with Crippen LogP contribution in [-0.4, -0.2) is 69.0 Å². The molecule has 1 saturated carbocycles. The molecule has 9 heteroatoms. The largest absolute Gasteiger partial charge is 0.444 e. The highest BCUT2D eigenvalue weighted by molar-refractivity contribution is 5.99. The molecule has 2 atom stereocenters. The zero-order chi connectivity index (χ0) is 28.9. The quantitative estimate of drug-likeness (QED) is 0.345. The lowest BCUT2D eigenvalue weighted by Crippen LogP contribution is -2.57. The summed E-state index contributed by atoms with van der Waals surface area (Å²) in [5.41, 5.74) is 4.35. The SMILES string of the molecule is CO[C@H]1CCN(C(=O)c2ccc3c(c2)cc(-c2cc4cccnc4n2CC2CC2)n3C)C[C@H]1NC(=O)OC(C)(C)C. The van der Waals surface area contributed by atoms with Crippen LogP contribution in [0.2, 0.25) is 0 Å². The second-order valence-electron chi connectivity index (χ2n) is 12.4. The second-order valence-corrected chi connectivity index (χ2v) is 12.4. The number of carbonyl (C=O) groups is 2. The molecule has 1 saturated heterocycles. The fraction of sp³-hybridized carbons (Fsp3) is 0.469. The Hall–Kier alpha value is -3.85. The number of hydrogen-bond donors (Lipinski definition) is 1. The number of pyridine rings is 1. The van der Waals surface area contributed by atoms with E-state index < -0.39 is 11.7 Å². The fourth-order valence-electron chi connectivity index (χ4n) is 5.95. The number of ether oxygens (including phenoxy) is 2. The van der Waals surface area contributed by atoms with Gasteiger partial charge >= 0.3 is 6.09 Å². The molecule has 2 fully saturated rings. The molecule has 6 rings (SSSR count). The van der Waals surface area contributed by atoms with Crippen LogP contribution in [0.3, 0.4) is 0 Å². The number of nitrogens with zero attached hydrogens (tertiary/aromatic N) is 4. The third-order valence-corrected chi connectivity index (χ3v) is 8.19. The minimum absolute atomic E-state index is 0.0603. The van der Waals surface area contributed by atoms with E-state index in [-0.39, 0.29) is 18.1 Å². The zero-order valence-electron chi connectivity index (χ0n) is 24.5. The first kappa shape index (κ1) is 27.3. The molecule has 1 aliphatic carbocycles. The lowest BCUT2D eigenvalue weighted by Gasteiger charge is -2.38. The summed E-state index contributed by atoms with van der Waals surface area (Å²) in [6.07, 6.45) is 4.32. The summed E-state index contributed by atoms with van der Waals surface area (Å²) in [6, 6.07) is 14.0. The maximum atomic E-state index is 13.7. The van der Waals surface area contributed by atoms with Crippen molar-refractivity contribution < 1.29 is 19.1 Å². The van der Waals surface area contributed by atoms with Crippen LogP contribution < -0.4 is 5.32 Å². The summed E-state index contributed by atoms with van der Waals surface area (Å²) in [5, 5.41) is 5.07. The average molecular weight is 558 g/mol. The van der Waals surface area contributed by atoms with Crippen molar-refractivity contribution >= 4 is 33.9 Å². The lowest BCUT2D eigenvalue weighted by molar-refractivity contribution is 0.00320. The summed E-state index contributed by atoms with van der Waals surface area (Å²) >= 11 is 0. The molecular weight excluding hydrogens is 518 g/mol. The molecule has 9 nitrogen and oxygen atoms in total. The minimum atomic E-state index is -0.608. The molecule has 2 amide bonds. The molecule has 1 aliphatic heterocycles. The Morgan fingerprint density at radius 3 is 2.56 bits per heavy atom. The van der Waals surface area contributed by atoms with Gasteiger partial charge in [-0.15, -0.1) is 0 Å². The minimum Gasteiger partial charge on any atom is -0.444 e. The standard InChI is InChI=1S/C32H39N5O4/c1-32(2,3)41-31(39)34-24-19-36(14-12-28(24)40-5)30(38)22-10-11-25-23(15-22)17-26(35(25)4)27-16-21-7-6-13-33-29(21)37(27)18-20-8-9-20/h6-7,10-11,13,15-17,20,24,28H,8-9,12,14,18-19H2,1-5H3,(H,34,39)/t24-,28+/m1/s1. The number of rotatable bonds is 6. The second kappa shape index (κ2) is 10.5.